The van der Waals surface area contributed by atoms with Gasteiger partial charge in [-0.15, -0.1) is 0 Å². The van der Waals surface area contributed by atoms with E-state index >= 15 is 0 Å². The average Bonchev–Trinajstić information content (AvgIpc) is 1.98. The highest BCUT2D eigenvalue weighted by atomic mass is 16.3. The zero-order valence-electron chi connectivity index (χ0n) is 5.94. The zero-order chi connectivity index (χ0) is 7.02. The molecular weight excluding hydrogens is 112 g/mol. The molecule has 0 bridgehead atoms. The van der Waals surface area contributed by atoms with E-state index in [0.717, 1.165) is 17.6 Å². The van der Waals surface area contributed by atoms with Crippen molar-refractivity contribution in [3.63, 3.8) is 0 Å². The summed E-state index contributed by atoms with van der Waals surface area (Å²) in [5.41, 5.74) is 3.35. The van der Waals surface area contributed by atoms with Gasteiger partial charge in [0.15, 0.2) is 0 Å². The monoisotopic (exact) mass is 124 g/mol. The summed E-state index contributed by atoms with van der Waals surface area (Å²) in [6.45, 7) is 7.78. The van der Waals surface area contributed by atoms with Crippen molar-refractivity contribution in [1.29, 1.82) is 0 Å². The van der Waals surface area contributed by atoms with E-state index in [1.54, 1.807) is 0 Å². The SMILES string of the molecule is C=C1CC(O)C(C)=C1C. The third-order valence-corrected chi connectivity index (χ3v) is 2.06. The highest BCUT2D eigenvalue weighted by Crippen LogP contribution is 2.29. The summed E-state index contributed by atoms with van der Waals surface area (Å²) in [5.74, 6) is 0. The Morgan fingerprint density at radius 3 is 2.22 bits per heavy atom. The Morgan fingerprint density at radius 1 is 1.56 bits per heavy atom. The standard InChI is InChI=1S/C8H12O/c1-5-4-8(9)7(3)6(5)2/h8-9H,1,4H2,2-3H3. The maximum Gasteiger partial charge on any atom is 0.0793 e. The zero-order valence-corrected chi connectivity index (χ0v) is 5.94. The van der Waals surface area contributed by atoms with Crippen LogP contribution in [0, 0.1) is 0 Å². The van der Waals surface area contributed by atoms with E-state index in [1.807, 2.05) is 13.8 Å². The van der Waals surface area contributed by atoms with Gasteiger partial charge in [0.2, 0.25) is 0 Å². The number of aliphatic hydroxyl groups excluding tert-OH is 1. The van der Waals surface area contributed by atoms with Gasteiger partial charge in [-0.3, -0.25) is 0 Å². The molecule has 0 aromatic carbocycles. The Kier molecular flexibility index (Phi) is 1.45. The molecule has 1 aliphatic rings. The van der Waals surface area contributed by atoms with Gasteiger partial charge in [-0.25, -0.2) is 0 Å². The molecule has 0 saturated carbocycles. The van der Waals surface area contributed by atoms with Crippen LogP contribution in [0.5, 0.6) is 0 Å². The second-order valence-corrected chi connectivity index (χ2v) is 2.63. The van der Waals surface area contributed by atoms with E-state index in [0.29, 0.717) is 0 Å². The predicted molar refractivity (Wildman–Crippen MR) is 38.1 cm³/mol. The van der Waals surface area contributed by atoms with Crippen molar-refractivity contribution in [1.82, 2.24) is 0 Å². The second-order valence-electron chi connectivity index (χ2n) is 2.63. The topological polar surface area (TPSA) is 20.2 Å². The molecule has 0 radical (unpaired) electrons. The Hall–Kier alpha value is -0.560. The van der Waals surface area contributed by atoms with Crippen LogP contribution >= 0.6 is 0 Å². The summed E-state index contributed by atoms with van der Waals surface area (Å²) in [7, 11) is 0. The summed E-state index contributed by atoms with van der Waals surface area (Å²) >= 11 is 0. The first-order valence-corrected chi connectivity index (χ1v) is 3.16. The van der Waals surface area contributed by atoms with E-state index < -0.39 is 0 Å². The normalized spacial score (nSPS) is 27.9. The van der Waals surface area contributed by atoms with Gasteiger partial charge in [0, 0.05) is 6.42 Å². The molecule has 0 amide bonds. The first-order chi connectivity index (χ1) is 4.13. The van der Waals surface area contributed by atoms with Crippen LogP contribution in [0.4, 0.5) is 0 Å². The molecule has 0 aliphatic heterocycles. The number of hydrogen-bond acceptors (Lipinski definition) is 1. The fourth-order valence-electron chi connectivity index (χ4n) is 1.07. The maximum absolute atomic E-state index is 9.22. The lowest BCUT2D eigenvalue weighted by atomic mass is 10.1. The summed E-state index contributed by atoms with van der Waals surface area (Å²) < 4.78 is 0. The molecule has 0 heterocycles. The lowest BCUT2D eigenvalue weighted by Gasteiger charge is -1.98. The van der Waals surface area contributed by atoms with Gasteiger partial charge in [0.25, 0.3) is 0 Å². The second kappa shape index (κ2) is 1.99. The van der Waals surface area contributed by atoms with Gasteiger partial charge >= 0.3 is 0 Å². The summed E-state index contributed by atoms with van der Waals surface area (Å²) in [5, 5.41) is 9.22. The molecule has 50 valence electrons. The average molecular weight is 124 g/mol. The molecule has 9 heavy (non-hydrogen) atoms. The Morgan fingerprint density at radius 2 is 2.11 bits per heavy atom. The molecule has 1 unspecified atom stereocenters. The van der Waals surface area contributed by atoms with E-state index in [1.165, 1.54) is 5.57 Å². The first kappa shape index (κ1) is 6.56. The molecule has 1 heteroatoms. The van der Waals surface area contributed by atoms with Crippen LogP contribution in [0.1, 0.15) is 20.3 Å². The minimum absolute atomic E-state index is 0.252. The van der Waals surface area contributed by atoms with Crippen LogP contribution in [0.3, 0.4) is 0 Å². The molecule has 1 nitrogen and oxygen atoms in total. The number of aliphatic hydroxyl groups is 1. The molecule has 0 aromatic rings. The molecule has 0 saturated heterocycles. The van der Waals surface area contributed by atoms with Crippen molar-refractivity contribution in [2.24, 2.45) is 0 Å². The number of hydrogen-bond donors (Lipinski definition) is 1. The van der Waals surface area contributed by atoms with Gasteiger partial charge in [-0.1, -0.05) is 6.58 Å². The highest BCUT2D eigenvalue weighted by molar-refractivity contribution is 5.39. The Bertz CT molecular complexity index is 177. The van der Waals surface area contributed by atoms with E-state index in [4.69, 9.17) is 0 Å². The number of rotatable bonds is 0. The van der Waals surface area contributed by atoms with Gasteiger partial charge in [0.05, 0.1) is 6.10 Å². The third kappa shape index (κ3) is 0.924. The van der Waals surface area contributed by atoms with Crippen molar-refractivity contribution in [2.75, 3.05) is 0 Å². The minimum Gasteiger partial charge on any atom is -0.388 e. The third-order valence-electron chi connectivity index (χ3n) is 2.06. The summed E-state index contributed by atoms with van der Waals surface area (Å²) in [6.07, 6.45) is 0.481. The van der Waals surface area contributed by atoms with Crippen molar-refractivity contribution >= 4 is 0 Å². The Labute approximate surface area is 55.7 Å². The summed E-state index contributed by atoms with van der Waals surface area (Å²) in [4.78, 5) is 0. The lowest BCUT2D eigenvalue weighted by Crippen LogP contribution is -2.00. The molecule has 0 fully saturated rings. The van der Waals surface area contributed by atoms with Crippen LogP contribution < -0.4 is 0 Å². The van der Waals surface area contributed by atoms with Crippen molar-refractivity contribution < 1.29 is 5.11 Å². The van der Waals surface area contributed by atoms with Gasteiger partial charge in [0.1, 0.15) is 0 Å². The van der Waals surface area contributed by atoms with Gasteiger partial charge in [-0.05, 0) is 30.6 Å². The fourth-order valence-corrected chi connectivity index (χ4v) is 1.07. The van der Waals surface area contributed by atoms with E-state index in [9.17, 15) is 5.11 Å². The quantitative estimate of drug-likeness (QED) is 0.520. The van der Waals surface area contributed by atoms with Gasteiger partial charge in [-0.2, -0.15) is 0 Å². The van der Waals surface area contributed by atoms with Crippen molar-refractivity contribution in [2.45, 2.75) is 26.4 Å². The lowest BCUT2D eigenvalue weighted by molar-refractivity contribution is 0.219. The van der Waals surface area contributed by atoms with Gasteiger partial charge < -0.3 is 5.11 Å². The predicted octanol–water partition coefficient (Wildman–Crippen LogP) is 1.64. The van der Waals surface area contributed by atoms with Crippen LogP contribution in [-0.4, -0.2) is 11.2 Å². The molecule has 1 aliphatic carbocycles. The van der Waals surface area contributed by atoms with Crippen LogP contribution in [0.25, 0.3) is 0 Å². The largest absolute Gasteiger partial charge is 0.388 e. The van der Waals surface area contributed by atoms with Crippen molar-refractivity contribution in [3.8, 4) is 0 Å². The minimum atomic E-state index is -0.252. The fraction of sp³-hybridized carbons (Fsp3) is 0.500. The van der Waals surface area contributed by atoms with E-state index in [2.05, 4.69) is 6.58 Å². The molecule has 0 aromatic heterocycles. The van der Waals surface area contributed by atoms with Crippen LogP contribution in [0.15, 0.2) is 23.3 Å². The smallest absolute Gasteiger partial charge is 0.0793 e. The van der Waals surface area contributed by atoms with Crippen molar-refractivity contribution in [3.05, 3.63) is 23.3 Å². The molecule has 1 N–H and O–H groups in total. The molecule has 1 rings (SSSR count). The maximum atomic E-state index is 9.22. The Balaban J connectivity index is 2.92. The number of allylic oxidation sites excluding steroid dienone is 1. The van der Waals surface area contributed by atoms with Crippen LogP contribution in [0.2, 0.25) is 0 Å². The summed E-state index contributed by atoms with van der Waals surface area (Å²) in [6, 6.07) is 0. The first-order valence-electron chi connectivity index (χ1n) is 3.16. The molecule has 0 spiro atoms. The molecular formula is C8H12O. The van der Waals surface area contributed by atoms with E-state index in [-0.39, 0.29) is 6.10 Å². The molecule has 1 atom stereocenters. The van der Waals surface area contributed by atoms with Crippen LogP contribution in [-0.2, 0) is 0 Å². The highest BCUT2D eigenvalue weighted by Gasteiger charge is 2.19.